The molecule has 108 valence electrons. The highest BCUT2D eigenvalue weighted by atomic mass is 16.4. The number of rotatable bonds is 5. The summed E-state index contributed by atoms with van der Waals surface area (Å²) in [5.41, 5.74) is 5.08. The molecule has 0 aromatic carbocycles. The van der Waals surface area contributed by atoms with Gasteiger partial charge in [0, 0.05) is 5.92 Å². The smallest absolute Gasteiger partial charge is 0.224 e. The summed E-state index contributed by atoms with van der Waals surface area (Å²) in [5.74, 6) is 1.51. The second-order valence-corrected chi connectivity index (χ2v) is 5.90. The highest BCUT2D eigenvalue weighted by Gasteiger charge is 2.55. The monoisotopic (exact) mass is 267 g/mol. The molecule has 5 heteroatoms. The van der Waals surface area contributed by atoms with Crippen LogP contribution in [0.3, 0.4) is 0 Å². The maximum Gasteiger partial charge on any atom is 0.224 e. The van der Waals surface area contributed by atoms with Crippen LogP contribution in [0.1, 0.15) is 52.4 Å². The zero-order chi connectivity index (χ0) is 14.0. The Balaban J connectivity index is 2.04. The van der Waals surface area contributed by atoms with Gasteiger partial charge in [0.15, 0.2) is 5.84 Å². The van der Waals surface area contributed by atoms with E-state index in [1.165, 1.54) is 25.7 Å². The van der Waals surface area contributed by atoms with Gasteiger partial charge in [-0.2, -0.15) is 0 Å². The van der Waals surface area contributed by atoms with Crippen molar-refractivity contribution in [3.05, 3.63) is 0 Å². The van der Waals surface area contributed by atoms with Gasteiger partial charge in [0.05, 0.1) is 0 Å². The molecule has 2 rings (SSSR count). The van der Waals surface area contributed by atoms with Crippen LogP contribution in [-0.4, -0.2) is 22.5 Å². The molecule has 0 saturated heterocycles. The van der Waals surface area contributed by atoms with Crippen LogP contribution in [0.2, 0.25) is 0 Å². The van der Waals surface area contributed by atoms with Gasteiger partial charge in [-0.1, -0.05) is 31.8 Å². The van der Waals surface area contributed by atoms with Crippen molar-refractivity contribution in [2.24, 2.45) is 28.6 Å². The molecule has 2 aliphatic carbocycles. The van der Waals surface area contributed by atoms with E-state index in [2.05, 4.69) is 10.5 Å². The highest BCUT2D eigenvalue weighted by Crippen LogP contribution is 2.55. The van der Waals surface area contributed by atoms with Gasteiger partial charge in [-0.05, 0) is 37.5 Å². The number of amides is 1. The minimum Gasteiger partial charge on any atom is -0.409 e. The lowest BCUT2D eigenvalue weighted by molar-refractivity contribution is -0.124. The maximum absolute atomic E-state index is 12.4. The average Bonchev–Trinajstić information content (AvgIpc) is 3.18. The van der Waals surface area contributed by atoms with Crippen molar-refractivity contribution in [3.63, 3.8) is 0 Å². The van der Waals surface area contributed by atoms with Gasteiger partial charge in [-0.3, -0.25) is 4.79 Å². The molecule has 4 N–H and O–H groups in total. The van der Waals surface area contributed by atoms with Crippen molar-refractivity contribution in [3.8, 4) is 0 Å². The molecule has 1 amide bonds. The number of nitrogens with zero attached hydrogens (tertiary/aromatic N) is 1. The van der Waals surface area contributed by atoms with Crippen LogP contribution in [0.5, 0.6) is 0 Å². The molecular weight excluding hydrogens is 242 g/mol. The lowest BCUT2D eigenvalue weighted by atomic mass is 9.91. The van der Waals surface area contributed by atoms with E-state index in [0.29, 0.717) is 24.7 Å². The Labute approximate surface area is 114 Å². The van der Waals surface area contributed by atoms with Crippen molar-refractivity contribution < 1.29 is 10.0 Å². The first-order valence-corrected chi connectivity index (χ1v) is 7.39. The quantitative estimate of drug-likeness (QED) is 0.307. The fourth-order valence-corrected chi connectivity index (χ4v) is 3.65. The van der Waals surface area contributed by atoms with Gasteiger partial charge in [0.2, 0.25) is 5.91 Å². The third-order valence-corrected chi connectivity index (χ3v) is 5.13. The van der Waals surface area contributed by atoms with E-state index in [0.717, 1.165) is 0 Å². The molecule has 0 aliphatic heterocycles. The first kappa shape index (κ1) is 14.2. The first-order chi connectivity index (χ1) is 9.09. The normalized spacial score (nSPS) is 30.6. The van der Waals surface area contributed by atoms with Crippen molar-refractivity contribution in [1.29, 1.82) is 0 Å². The van der Waals surface area contributed by atoms with Crippen molar-refractivity contribution >= 4 is 11.7 Å². The van der Waals surface area contributed by atoms with E-state index < -0.39 is 5.54 Å². The Hall–Kier alpha value is -1.26. The van der Waals surface area contributed by atoms with E-state index in [4.69, 9.17) is 10.9 Å². The number of carbonyl (C=O) groups excluding carboxylic acids is 1. The second kappa shape index (κ2) is 5.39. The predicted molar refractivity (Wildman–Crippen MR) is 73.8 cm³/mol. The molecule has 2 aliphatic rings. The maximum atomic E-state index is 12.4. The summed E-state index contributed by atoms with van der Waals surface area (Å²) < 4.78 is 0. The number of nitrogens with one attached hydrogen (secondary N) is 1. The van der Waals surface area contributed by atoms with E-state index in [1.807, 2.05) is 13.8 Å². The number of carbonyl (C=O) groups is 1. The number of hydrogen-bond donors (Lipinski definition) is 3. The number of oxime groups is 1. The minimum atomic E-state index is -0.697. The van der Waals surface area contributed by atoms with Gasteiger partial charge < -0.3 is 16.3 Å². The summed E-state index contributed by atoms with van der Waals surface area (Å²) in [6.07, 6.45) is 6.12. The third kappa shape index (κ3) is 2.42. The molecule has 0 heterocycles. The molecule has 0 radical (unpaired) electrons. The standard InChI is InChI=1S/C14H25N3O2/c1-3-14(4-2,13(15)17-19)16-12(18)11-9-7-5-6-8-10(9)11/h9-11,19H,3-8H2,1-2H3,(H2,15,17)(H,16,18). The van der Waals surface area contributed by atoms with Crippen molar-refractivity contribution in [1.82, 2.24) is 5.32 Å². The Morgan fingerprint density at radius 2 is 1.84 bits per heavy atom. The second-order valence-electron chi connectivity index (χ2n) is 5.90. The van der Waals surface area contributed by atoms with Gasteiger partial charge in [0.25, 0.3) is 0 Å². The van der Waals surface area contributed by atoms with Gasteiger partial charge in [0.1, 0.15) is 5.54 Å². The van der Waals surface area contributed by atoms with E-state index >= 15 is 0 Å². The average molecular weight is 267 g/mol. The molecular formula is C14H25N3O2. The Kier molecular flexibility index (Phi) is 4.02. The predicted octanol–water partition coefficient (Wildman–Crippen LogP) is 1.84. The molecule has 0 bridgehead atoms. The third-order valence-electron chi connectivity index (χ3n) is 5.13. The molecule has 5 nitrogen and oxygen atoms in total. The van der Waals surface area contributed by atoms with Crippen molar-refractivity contribution in [2.45, 2.75) is 57.9 Å². The summed E-state index contributed by atoms with van der Waals surface area (Å²) in [6, 6.07) is 0. The largest absolute Gasteiger partial charge is 0.409 e. The first-order valence-electron chi connectivity index (χ1n) is 7.39. The summed E-state index contributed by atoms with van der Waals surface area (Å²) in [6.45, 7) is 3.89. The molecule has 19 heavy (non-hydrogen) atoms. The van der Waals surface area contributed by atoms with Gasteiger partial charge in [-0.15, -0.1) is 0 Å². The summed E-state index contributed by atoms with van der Waals surface area (Å²) in [7, 11) is 0. The lowest BCUT2D eigenvalue weighted by Gasteiger charge is -2.31. The van der Waals surface area contributed by atoms with Crippen LogP contribution < -0.4 is 11.1 Å². The minimum absolute atomic E-state index is 0.0900. The van der Waals surface area contributed by atoms with Crippen LogP contribution in [0, 0.1) is 17.8 Å². The number of hydrogen-bond acceptors (Lipinski definition) is 3. The lowest BCUT2D eigenvalue weighted by Crippen LogP contribution is -2.57. The Morgan fingerprint density at radius 1 is 1.32 bits per heavy atom. The number of nitrogens with two attached hydrogens (primary N) is 1. The topological polar surface area (TPSA) is 87.7 Å². The molecule has 2 unspecified atom stereocenters. The van der Waals surface area contributed by atoms with E-state index in [-0.39, 0.29) is 17.7 Å². The molecule has 2 atom stereocenters. The van der Waals surface area contributed by atoms with E-state index in [9.17, 15) is 4.79 Å². The van der Waals surface area contributed by atoms with Crippen molar-refractivity contribution in [2.75, 3.05) is 0 Å². The summed E-state index contributed by atoms with van der Waals surface area (Å²) in [4.78, 5) is 12.4. The SMILES string of the molecule is CCC(CC)(NC(=O)C1C2CCCCC21)C(N)=NO. The fraction of sp³-hybridized carbons (Fsp3) is 0.857. The fourth-order valence-electron chi connectivity index (χ4n) is 3.65. The van der Waals surface area contributed by atoms with Crippen LogP contribution in [0.15, 0.2) is 5.16 Å². The molecule has 0 aromatic heterocycles. The summed E-state index contributed by atoms with van der Waals surface area (Å²) >= 11 is 0. The van der Waals surface area contributed by atoms with Crippen LogP contribution in [0.25, 0.3) is 0 Å². The van der Waals surface area contributed by atoms with Gasteiger partial charge >= 0.3 is 0 Å². The Morgan fingerprint density at radius 3 is 2.26 bits per heavy atom. The highest BCUT2D eigenvalue weighted by molar-refractivity contribution is 5.95. The molecule has 0 spiro atoms. The van der Waals surface area contributed by atoms with E-state index in [1.54, 1.807) is 0 Å². The van der Waals surface area contributed by atoms with Crippen LogP contribution in [0.4, 0.5) is 0 Å². The zero-order valence-electron chi connectivity index (χ0n) is 11.9. The Bertz CT molecular complexity index is 365. The molecule has 0 aromatic rings. The molecule has 2 saturated carbocycles. The van der Waals surface area contributed by atoms with Crippen LogP contribution in [-0.2, 0) is 4.79 Å². The zero-order valence-corrected chi connectivity index (χ0v) is 11.9. The number of amidine groups is 1. The molecule has 2 fully saturated rings. The summed E-state index contributed by atoms with van der Waals surface area (Å²) in [5, 5.41) is 15.1. The number of fused-ring (bicyclic) bond motifs is 1. The van der Waals surface area contributed by atoms with Gasteiger partial charge in [-0.25, -0.2) is 0 Å². The van der Waals surface area contributed by atoms with Crippen LogP contribution >= 0.6 is 0 Å².